The zero-order chi connectivity index (χ0) is 15.9. The van der Waals surface area contributed by atoms with E-state index < -0.39 is 18.0 Å². The molecule has 0 heterocycles. The highest BCUT2D eigenvalue weighted by atomic mass is 16.5. The Hall–Kier alpha value is -2.08. The summed E-state index contributed by atoms with van der Waals surface area (Å²) in [7, 11) is 1.58. The second kappa shape index (κ2) is 7.64. The Morgan fingerprint density at radius 2 is 2.10 bits per heavy atom. The summed E-state index contributed by atoms with van der Waals surface area (Å²) >= 11 is 0. The number of aliphatic carboxylic acids is 1. The third-order valence-corrected chi connectivity index (χ3v) is 2.97. The van der Waals surface area contributed by atoms with E-state index in [4.69, 9.17) is 9.84 Å². The quantitative estimate of drug-likeness (QED) is 0.664. The molecule has 1 rings (SSSR count). The maximum atomic E-state index is 11.7. The highest BCUT2D eigenvalue weighted by molar-refractivity contribution is 5.76. The Morgan fingerprint density at radius 3 is 2.71 bits per heavy atom. The molecule has 0 aliphatic rings. The first kappa shape index (κ1) is 17.0. The van der Waals surface area contributed by atoms with Gasteiger partial charge in [0.25, 0.3) is 0 Å². The fourth-order valence-corrected chi connectivity index (χ4v) is 1.85. The molecule has 0 saturated heterocycles. The van der Waals surface area contributed by atoms with Crippen LogP contribution in [0.1, 0.15) is 25.3 Å². The van der Waals surface area contributed by atoms with Gasteiger partial charge in [0, 0.05) is 13.0 Å². The lowest BCUT2D eigenvalue weighted by Crippen LogP contribution is -2.42. The molecule has 1 unspecified atom stereocenters. The molecule has 6 nitrogen and oxygen atoms in total. The van der Waals surface area contributed by atoms with Crippen LogP contribution in [0.15, 0.2) is 24.3 Å². The van der Waals surface area contributed by atoms with Crippen LogP contribution in [0, 0.1) is 0 Å². The molecule has 0 spiro atoms. The lowest BCUT2D eigenvalue weighted by Gasteiger charge is -2.21. The first-order chi connectivity index (χ1) is 9.82. The number of aliphatic hydroxyl groups is 1. The number of ether oxygens (including phenoxy) is 1. The van der Waals surface area contributed by atoms with Crippen molar-refractivity contribution in [3.05, 3.63) is 29.8 Å². The van der Waals surface area contributed by atoms with E-state index in [1.165, 1.54) is 6.92 Å². The smallest absolute Gasteiger partial charge is 0.306 e. The molecular weight excluding hydrogens is 274 g/mol. The standard InChI is InChI=1S/C15H21NO5/c1-15(20,9-14(18)19)10-16-13(17)7-6-11-4-3-5-12(8-11)21-2/h3-5,8,20H,6-7,9-10H2,1-2H3,(H,16,17)(H,18,19). The second-order valence-corrected chi connectivity index (χ2v) is 5.20. The topological polar surface area (TPSA) is 95.9 Å². The molecule has 1 aromatic rings. The summed E-state index contributed by atoms with van der Waals surface area (Å²) in [6.07, 6.45) is 0.392. The van der Waals surface area contributed by atoms with Crippen LogP contribution in [0.25, 0.3) is 0 Å². The number of carbonyl (C=O) groups excluding carboxylic acids is 1. The van der Waals surface area contributed by atoms with Gasteiger partial charge in [-0.3, -0.25) is 9.59 Å². The monoisotopic (exact) mass is 295 g/mol. The summed E-state index contributed by atoms with van der Waals surface area (Å²) in [5.41, 5.74) is -0.473. The van der Waals surface area contributed by atoms with Crippen LogP contribution in [0.4, 0.5) is 0 Å². The number of aryl methyl sites for hydroxylation is 1. The number of amides is 1. The highest BCUT2D eigenvalue weighted by Gasteiger charge is 2.24. The molecule has 0 aromatic heterocycles. The Kier molecular flexibility index (Phi) is 6.17. The van der Waals surface area contributed by atoms with Gasteiger partial charge in [0.1, 0.15) is 5.75 Å². The van der Waals surface area contributed by atoms with Gasteiger partial charge in [0.15, 0.2) is 0 Å². The predicted molar refractivity (Wildman–Crippen MR) is 77.2 cm³/mol. The van der Waals surface area contributed by atoms with Crippen LogP contribution < -0.4 is 10.1 Å². The van der Waals surface area contributed by atoms with Gasteiger partial charge < -0.3 is 20.3 Å². The van der Waals surface area contributed by atoms with Crippen molar-refractivity contribution in [2.24, 2.45) is 0 Å². The van der Waals surface area contributed by atoms with Gasteiger partial charge in [0.05, 0.1) is 19.1 Å². The summed E-state index contributed by atoms with van der Waals surface area (Å²) in [5, 5.41) is 21.0. The lowest BCUT2D eigenvalue weighted by atomic mass is 10.0. The van der Waals surface area contributed by atoms with Crippen molar-refractivity contribution < 1.29 is 24.5 Å². The van der Waals surface area contributed by atoms with E-state index in [1.54, 1.807) is 7.11 Å². The van der Waals surface area contributed by atoms with E-state index in [2.05, 4.69) is 5.32 Å². The first-order valence-corrected chi connectivity index (χ1v) is 6.66. The van der Waals surface area contributed by atoms with E-state index in [1.807, 2.05) is 24.3 Å². The molecule has 0 fully saturated rings. The van der Waals surface area contributed by atoms with Crippen LogP contribution in [0.2, 0.25) is 0 Å². The summed E-state index contributed by atoms with van der Waals surface area (Å²) in [4.78, 5) is 22.2. The molecule has 0 bridgehead atoms. The molecule has 6 heteroatoms. The predicted octanol–water partition coefficient (Wildman–Crippen LogP) is 0.970. The molecule has 0 aliphatic heterocycles. The van der Waals surface area contributed by atoms with Crippen LogP contribution in [-0.2, 0) is 16.0 Å². The Morgan fingerprint density at radius 1 is 1.38 bits per heavy atom. The molecular formula is C15H21NO5. The average Bonchev–Trinajstić information content (AvgIpc) is 2.42. The van der Waals surface area contributed by atoms with Crippen molar-refractivity contribution in [2.75, 3.05) is 13.7 Å². The molecule has 1 amide bonds. The van der Waals surface area contributed by atoms with Crippen molar-refractivity contribution in [3.63, 3.8) is 0 Å². The molecule has 1 aromatic carbocycles. The molecule has 3 N–H and O–H groups in total. The van der Waals surface area contributed by atoms with E-state index in [0.717, 1.165) is 11.3 Å². The fraction of sp³-hybridized carbons (Fsp3) is 0.467. The third kappa shape index (κ3) is 6.76. The number of carboxylic acids is 1. The maximum Gasteiger partial charge on any atom is 0.306 e. The minimum Gasteiger partial charge on any atom is -0.497 e. The molecule has 0 saturated carbocycles. The number of rotatable bonds is 8. The van der Waals surface area contributed by atoms with E-state index in [0.29, 0.717) is 6.42 Å². The lowest BCUT2D eigenvalue weighted by molar-refractivity contribution is -0.142. The SMILES string of the molecule is COc1cccc(CCC(=O)NCC(C)(O)CC(=O)O)c1. The number of methoxy groups -OCH3 is 1. The van der Waals surface area contributed by atoms with Crippen molar-refractivity contribution in [2.45, 2.75) is 31.8 Å². The second-order valence-electron chi connectivity index (χ2n) is 5.20. The molecule has 21 heavy (non-hydrogen) atoms. The number of hydrogen-bond donors (Lipinski definition) is 3. The van der Waals surface area contributed by atoms with Gasteiger partial charge in [-0.15, -0.1) is 0 Å². The average molecular weight is 295 g/mol. The Bertz CT molecular complexity index is 499. The number of benzene rings is 1. The van der Waals surface area contributed by atoms with Crippen molar-refractivity contribution in [1.82, 2.24) is 5.32 Å². The fourth-order valence-electron chi connectivity index (χ4n) is 1.85. The number of hydrogen-bond acceptors (Lipinski definition) is 4. The van der Waals surface area contributed by atoms with Gasteiger partial charge in [-0.1, -0.05) is 12.1 Å². The van der Waals surface area contributed by atoms with Gasteiger partial charge >= 0.3 is 5.97 Å². The van der Waals surface area contributed by atoms with Crippen LogP contribution >= 0.6 is 0 Å². The van der Waals surface area contributed by atoms with Gasteiger partial charge in [-0.05, 0) is 31.0 Å². The van der Waals surface area contributed by atoms with Gasteiger partial charge in [-0.2, -0.15) is 0 Å². The minimum atomic E-state index is -1.45. The minimum absolute atomic E-state index is 0.0871. The Labute approximate surface area is 123 Å². The van der Waals surface area contributed by atoms with Crippen LogP contribution in [0.3, 0.4) is 0 Å². The van der Waals surface area contributed by atoms with E-state index >= 15 is 0 Å². The highest BCUT2D eigenvalue weighted by Crippen LogP contribution is 2.14. The summed E-state index contributed by atoms with van der Waals surface area (Å²) in [6, 6.07) is 7.43. The number of carboxylic acid groups (broad SMARTS) is 1. The van der Waals surface area contributed by atoms with E-state index in [9.17, 15) is 14.7 Å². The van der Waals surface area contributed by atoms with Crippen molar-refractivity contribution in [1.29, 1.82) is 0 Å². The Balaban J connectivity index is 2.38. The zero-order valence-corrected chi connectivity index (χ0v) is 12.3. The summed E-state index contributed by atoms with van der Waals surface area (Å²) in [5.74, 6) is -0.605. The van der Waals surface area contributed by atoms with Crippen molar-refractivity contribution >= 4 is 11.9 Å². The van der Waals surface area contributed by atoms with Gasteiger partial charge in [-0.25, -0.2) is 0 Å². The zero-order valence-electron chi connectivity index (χ0n) is 12.3. The van der Waals surface area contributed by atoms with Crippen molar-refractivity contribution in [3.8, 4) is 5.75 Å². The third-order valence-electron chi connectivity index (χ3n) is 2.97. The maximum absolute atomic E-state index is 11.7. The summed E-state index contributed by atoms with van der Waals surface area (Å²) in [6.45, 7) is 1.29. The molecule has 1 atom stereocenters. The summed E-state index contributed by atoms with van der Waals surface area (Å²) < 4.78 is 5.10. The molecule has 116 valence electrons. The largest absolute Gasteiger partial charge is 0.497 e. The molecule has 0 radical (unpaired) electrons. The first-order valence-electron chi connectivity index (χ1n) is 6.66. The van der Waals surface area contributed by atoms with Crippen LogP contribution in [0.5, 0.6) is 5.75 Å². The van der Waals surface area contributed by atoms with E-state index in [-0.39, 0.29) is 18.9 Å². The molecule has 0 aliphatic carbocycles. The van der Waals surface area contributed by atoms with Gasteiger partial charge in [0.2, 0.25) is 5.91 Å². The normalized spacial score (nSPS) is 13.3. The number of carbonyl (C=O) groups is 2. The van der Waals surface area contributed by atoms with Crippen LogP contribution in [-0.4, -0.2) is 41.3 Å². The number of nitrogens with one attached hydrogen (secondary N) is 1.